The van der Waals surface area contributed by atoms with Gasteiger partial charge >= 0.3 is 0 Å². The minimum Gasteiger partial charge on any atom is -0.508 e. The van der Waals surface area contributed by atoms with Crippen LogP contribution in [0.25, 0.3) is 21.8 Å². The molecule has 6 aromatic rings. The van der Waals surface area contributed by atoms with E-state index in [0.717, 1.165) is 21.6 Å². The number of benzene rings is 3. The monoisotopic (exact) mass is 1840 g/mol. The molecule has 4 aliphatic heterocycles. The van der Waals surface area contributed by atoms with E-state index in [1.54, 1.807) is 62.6 Å². The number of thioether (sulfide) groups is 1. The van der Waals surface area contributed by atoms with Gasteiger partial charge in [-0.1, -0.05) is 88.6 Å². The number of nitrogens with one attached hydrogen (secondary N) is 13. The van der Waals surface area contributed by atoms with Crippen LogP contribution in [-0.4, -0.2) is 310 Å². The number of fused-ring (bicyclic) bond motifs is 5. The van der Waals surface area contributed by atoms with Crippen LogP contribution in [0.15, 0.2) is 97.7 Å². The number of unbranched alkanes of at least 4 members (excludes halogenated alkanes) is 2. The summed E-state index contributed by atoms with van der Waals surface area (Å²) in [5.74, 6) is -15.4. The highest BCUT2D eigenvalue weighted by atomic mass is 32.2. The fraction of sp³-hybridized carbons (Fsp3) is 0.539. The summed E-state index contributed by atoms with van der Waals surface area (Å²) in [7, 11) is 2.69. The van der Waals surface area contributed by atoms with Crippen molar-refractivity contribution in [1.29, 1.82) is 0 Å². The van der Waals surface area contributed by atoms with E-state index >= 15 is 28.8 Å². The Morgan fingerprint density at radius 2 is 1.07 bits per heavy atom. The standard InChI is InChI=1S/C89H124N22O19S/c1-7-8-9-23-72-89(130)111-34-17-26-71(111)82(123)99-60(22-14-31-90)78(119)106-68(77(118)96-44-74(92)115)46-131-47-75(116)98-64(36-51-27-29-55(113)30-28-51)85(126)107(5)50(4)76(117)102-66(40-73(91)114)88(129)110-33-16-25-70(110)84(125)101-62(39-54-43-93-48-97-54)80(121)103-63(35-49(2)3)87(128)109-32-15-24-69(109)83(124)100-61(37-52-41-94-58-20-12-10-18-56(52)58)79(120)105-67(45-112)81(122)104-65(86(127)108(72)6)38-53-42-95-59-21-13-11-19-57(53)59/h10-13,18-21,27-30,41-43,48-50,60-72,89,94-95,112-113,130H,7-9,14-17,22-26,31-40,44-47,90H2,1-6H3,(H2,91,114)(H2,92,115)(H,93,97)(H,96,118)(H,98,116)(H,99,123)(H,100,124)(H,101,125)(H,102,117)(H,103,121)(H,104,122)(H,105,120)(H,106,119)/t50-,60-,61-,62-,63-,64-,65-,66-,67-,68-,69-,70-,71+,72-,89?/m0/s1. The van der Waals surface area contributed by atoms with Crippen LogP contribution in [0.3, 0.4) is 0 Å². The summed E-state index contributed by atoms with van der Waals surface area (Å²) in [6, 6.07) is -0.224. The van der Waals surface area contributed by atoms with Crippen LogP contribution in [-0.2, 0) is 102 Å². The average Bonchev–Trinajstić information content (AvgIpc) is 1.76. The number of hydrogen-bond donors (Lipinski definition) is 19. The number of aliphatic hydroxyl groups is 2. The molecular weight excluding hydrogens is 1710 g/mol. The second kappa shape index (κ2) is 47.9. The molecule has 0 radical (unpaired) electrons. The molecular formula is C89H124N22O19S. The summed E-state index contributed by atoms with van der Waals surface area (Å²) in [5.41, 5.74) is 20.4. The maximum Gasteiger partial charge on any atom is 0.246 e. The van der Waals surface area contributed by atoms with Crippen molar-refractivity contribution >= 4 is 128 Å². The Balaban J connectivity index is 0.996. The Kier molecular flexibility index (Phi) is 36.7. The molecule has 0 bridgehead atoms. The van der Waals surface area contributed by atoms with Crippen LogP contribution in [0.5, 0.6) is 5.75 Å². The van der Waals surface area contributed by atoms with Crippen molar-refractivity contribution in [2.75, 3.05) is 64.9 Å². The van der Waals surface area contributed by atoms with Gasteiger partial charge in [-0.05, 0) is 125 Å². The molecule has 42 heteroatoms. The Labute approximate surface area is 762 Å². The molecule has 15 atom stereocenters. The normalized spacial score (nSPS) is 25.8. The second-order valence-corrected chi connectivity index (χ2v) is 35.4. The van der Waals surface area contributed by atoms with Crippen molar-refractivity contribution in [3.8, 4) is 5.75 Å². The van der Waals surface area contributed by atoms with Gasteiger partial charge < -0.3 is 120 Å². The number of nitrogens with zero attached hydrogens (tertiary/aromatic N) is 6. The lowest BCUT2D eigenvalue weighted by atomic mass is 10.00. The number of carbonyl (C=O) groups is 16. The zero-order chi connectivity index (χ0) is 94.9. The predicted molar refractivity (Wildman–Crippen MR) is 482 cm³/mol. The number of likely N-dealkylation sites (N-methyl/N-ethyl adjacent to an activating group) is 2. The SMILES string of the molecule is CCCCC[C@H]1C(O)N2CCC[C@@H]2C(=O)N[C@@H](CCCN)C(=O)N[C@H](C(=O)NCC(N)=O)CSCC(=O)N[C@@H](Cc2ccc(O)cc2)C(=O)N(C)[C@@H](C)C(=O)N[C@@H](CC(N)=O)C(=O)N2CCC[C@H]2C(=O)N[C@@H](Cc2cnc[nH]2)C(=O)N[C@@H](CC(C)C)C(=O)N2CCC[C@H]2C(=O)N[C@@H](Cc2c[nH]c3ccccc23)C(=O)N[C@@H](CO)C(=O)N[C@@H](Cc2c[nH]c3ccccc23)C(=O)N1C. The Hall–Kier alpha value is -12.5. The molecule has 3 aromatic carbocycles. The van der Waals surface area contributed by atoms with E-state index < -0.39 is 211 Å². The number of para-hydroxylation sites is 2. The van der Waals surface area contributed by atoms with Gasteiger partial charge in [-0.15, -0.1) is 11.8 Å². The quantitative estimate of drug-likeness (QED) is 0.0301. The zero-order valence-corrected chi connectivity index (χ0v) is 75.4. The fourth-order valence-corrected chi connectivity index (χ4v) is 18.0. The van der Waals surface area contributed by atoms with E-state index in [0.29, 0.717) is 69.9 Å². The molecule has 22 N–H and O–H groups in total. The van der Waals surface area contributed by atoms with Crippen molar-refractivity contribution < 1.29 is 92.0 Å². The minimum absolute atomic E-state index is 0.00504. The number of amides is 16. The molecule has 131 heavy (non-hydrogen) atoms. The summed E-state index contributed by atoms with van der Waals surface area (Å²) < 4.78 is 0. The van der Waals surface area contributed by atoms with Crippen molar-refractivity contribution in [2.24, 2.45) is 23.1 Å². The lowest BCUT2D eigenvalue weighted by Crippen LogP contribution is -2.62. The maximum absolute atomic E-state index is 15.8. The Morgan fingerprint density at radius 1 is 0.550 bits per heavy atom. The number of primary amides is 2. The highest BCUT2D eigenvalue weighted by Crippen LogP contribution is 2.30. The summed E-state index contributed by atoms with van der Waals surface area (Å²) in [5, 5.41) is 62.6. The average molecular weight is 1840 g/mol. The van der Waals surface area contributed by atoms with Crippen LogP contribution >= 0.6 is 11.8 Å². The molecule has 16 amide bonds. The third kappa shape index (κ3) is 27.1. The van der Waals surface area contributed by atoms with Crippen LogP contribution in [0.1, 0.15) is 140 Å². The van der Waals surface area contributed by atoms with E-state index in [4.69, 9.17) is 17.2 Å². The molecule has 3 aromatic heterocycles. The largest absolute Gasteiger partial charge is 0.508 e. The number of phenolic OH excluding ortho intramolecular Hbond substituents is 1. The molecule has 0 aliphatic carbocycles. The van der Waals surface area contributed by atoms with Gasteiger partial charge in [0, 0.05) is 111 Å². The predicted octanol–water partition coefficient (Wildman–Crippen LogP) is -2.27. The second-order valence-electron chi connectivity index (χ2n) is 34.3. The molecule has 0 spiro atoms. The first kappa shape index (κ1) is 101. The van der Waals surface area contributed by atoms with Gasteiger partial charge in [0.2, 0.25) is 94.5 Å². The zero-order valence-electron chi connectivity index (χ0n) is 74.6. The molecule has 10 rings (SSSR count). The summed E-state index contributed by atoms with van der Waals surface area (Å²) >= 11 is 0.801. The van der Waals surface area contributed by atoms with Crippen molar-refractivity contribution in [3.63, 3.8) is 0 Å². The van der Waals surface area contributed by atoms with E-state index in [2.05, 4.69) is 73.1 Å². The smallest absolute Gasteiger partial charge is 0.246 e. The highest BCUT2D eigenvalue weighted by Gasteiger charge is 2.47. The number of rotatable bonds is 23. The number of aliphatic hydroxyl groups excluding tert-OH is 2. The number of aromatic amines is 3. The number of aromatic hydroxyl groups is 1. The Bertz CT molecular complexity index is 5030. The third-order valence-corrected chi connectivity index (χ3v) is 25.4. The van der Waals surface area contributed by atoms with Gasteiger partial charge in [-0.3, -0.25) is 81.6 Å². The van der Waals surface area contributed by atoms with Crippen molar-refractivity contribution in [1.82, 2.24) is 97.6 Å². The van der Waals surface area contributed by atoms with Gasteiger partial charge in [0.05, 0.1) is 43.7 Å². The minimum atomic E-state index is -1.81. The van der Waals surface area contributed by atoms with Gasteiger partial charge in [0.15, 0.2) is 0 Å². The van der Waals surface area contributed by atoms with Gasteiger partial charge in [-0.2, -0.15) is 0 Å². The number of aromatic nitrogens is 4. The van der Waals surface area contributed by atoms with Crippen LogP contribution in [0.4, 0.5) is 0 Å². The van der Waals surface area contributed by atoms with Crippen molar-refractivity contribution in [3.05, 3.63) is 120 Å². The summed E-state index contributed by atoms with van der Waals surface area (Å²) in [6.07, 6.45) is 5.90. The topological polar surface area (TPSA) is 609 Å². The Morgan fingerprint density at radius 3 is 1.65 bits per heavy atom. The first-order valence-electron chi connectivity index (χ1n) is 44.6. The molecule has 4 saturated heterocycles. The van der Waals surface area contributed by atoms with Crippen LogP contribution < -0.4 is 70.4 Å². The van der Waals surface area contributed by atoms with E-state index in [-0.39, 0.29) is 127 Å². The number of carbonyl (C=O) groups excluding carboxylic acids is 16. The molecule has 710 valence electrons. The maximum atomic E-state index is 15.8. The van der Waals surface area contributed by atoms with E-state index in [1.165, 1.54) is 72.5 Å². The highest BCUT2D eigenvalue weighted by molar-refractivity contribution is 8.00. The van der Waals surface area contributed by atoms with Crippen molar-refractivity contribution in [2.45, 2.75) is 234 Å². The molecule has 4 fully saturated rings. The van der Waals surface area contributed by atoms with Gasteiger partial charge in [0.1, 0.15) is 84.5 Å². The van der Waals surface area contributed by atoms with E-state index in [9.17, 15) is 63.3 Å². The molecule has 7 heterocycles. The third-order valence-electron chi connectivity index (χ3n) is 24.4. The van der Waals surface area contributed by atoms with E-state index in [1.807, 2.05) is 19.1 Å². The number of hydrogen-bond acceptors (Lipinski definition) is 23. The number of H-pyrrole nitrogens is 3. The lowest BCUT2D eigenvalue weighted by molar-refractivity contribution is -0.147. The number of nitrogens with two attached hydrogens (primary N) is 3. The fourth-order valence-electron chi connectivity index (χ4n) is 17.2. The first-order chi connectivity index (χ1) is 62.7. The number of phenols is 1. The van der Waals surface area contributed by atoms with Crippen LogP contribution in [0.2, 0.25) is 0 Å². The lowest BCUT2D eigenvalue weighted by Gasteiger charge is -2.40. The first-order valence-corrected chi connectivity index (χ1v) is 45.7. The van der Waals surface area contributed by atoms with Gasteiger partial charge in [0.25, 0.3) is 0 Å². The summed E-state index contributed by atoms with van der Waals surface area (Å²) in [4.78, 5) is 253. The van der Waals surface area contributed by atoms with Crippen LogP contribution in [0, 0.1) is 5.92 Å². The summed E-state index contributed by atoms with van der Waals surface area (Å²) in [6.45, 7) is 5.20. The van der Waals surface area contributed by atoms with Gasteiger partial charge in [-0.25, -0.2) is 4.98 Å². The molecule has 41 nitrogen and oxygen atoms in total. The molecule has 4 aliphatic rings. The number of imidazole rings is 1. The molecule has 1 unspecified atom stereocenters. The molecule has 0 saturated carbocycles.